The molecule has 0 saturated heterocycles. The van der Waals surface area contributed by atoms with Crippen LogP contribution in [0.15, 0.2) is 60.8 Å². The smallest absolute Gasteiger partial charge is 0.123 e. The SMILES string of the molecule is Nc1cccc(-c2ccnn2-c2ccc(F)cc2)c1. The molecule has 0 spiro atoms. The van der Waals surface area contributed by atoms with Gasteiger partial charge in [-0.05, 0) is 42.5 Å². The molecule has 94 valence electrons. The Hall–Kier alpha value is -2.62. The van der Waals surface area contributed by atoms with Gasteiger partial charge in [0.15, 0.2) is 0 Å². The molecule has 0 saturated carbocycles. The maximum Gasteiger partial charge on any atom is 0.123 e. The standard InChI is InChI=1S/C15H12FN3/c16-12-4-6-14(7-5-12)19-15(8-9-18-19)11-2-1-3-13(17)10-11/h1-10H,17H2. The molecule has 0 fully saturated rings. The van der Waals surface area contributed by atoms with E-state index in [0.29, 0.717) is 5.69 Å². The number of aromatic nitrogens is 2. The van der Waals surface area contributed by atoms with Crippen LogP contribution in [0.3, 0.4) is 0 Å². The Balaban J connectivity index is 2.10. The van der Waals surface area contributed by atoms with Crippen LogP contribution < -0.4 is 5.73 Å². The van der Waals surface area contributed by atoms with Gasteiger partial charge >= 0.3 is 0 Å². The lowest BCUT2D eigenvalue weighted by molar-refractivity contribution is 0.627. The largest absolute Gasteiger partial charge is 0.399 e. The molecule has 0 atom stereocenters. The van der Waals surface area contributed by atoms with Crippen LogP contribution in [0.4, 0.5) is 10.1 Å². The van der Waals surface area contributed by atoms with Gasteiger partial charge in [0.25, 0.3) is 0 Å². The third-order valence-corrected chi connectivity index (χ3v) is 2.90. The maximum absolute atomic E-state index is 13.0. The summed E-state index contributed by atoms with van der Waals surface area (Å²) in [6, 6.07) is 15.7. The maximum atomic E-state index is 13.0. The summed E-state index contributed by atoms with van der Waals surface area (Å²) in [6.45, 7) is 0. The van der Waals surface area contributed by atoms with Gasteiger partial charge in [-0.3, -0.25) is 0 Å². The van der Waals surface area contributed by atoms with Crippen molar-refractivity contribution in [3.8, 4) is 16.9 Å². The normalized spacial score (nSPS) is 10.6. The molecule has 3 aromatic rings. The molecule has 19 heavy (non-hydrogen) atoms. The molecule has 0 aliphatic rings. The van der Waals surface area contributed by atoms with E-state index in [1.165, 1.54) is 12.1 Å². The number of hydrogen-bond donors (Lipinski definition) is 1. The summed E-state index contributed by atoms with van der Waals surface area (Å²) >= 11 is 0. The Kier molecular flexibility index (Phi) is 2.76. The van der Waals surface area contributed by atoms with E-state index in [-0.39, 0.29) is 5.82 Å². The number of benzene rings is 2. The summed E-state index contributed by atoms with van der Waals surface area (Å²) in [5.74, 6) is -0.263. The van der Waals surface area contributed by atoms with Crippen molar-refractivity contribution in [3.05, 3.63) is 66.6 Å². The van der Waals surface area contributed by atoms with Gasteiger partial charge in [-0.25, -0.2) is 9.07 Å². The van der Waals surface area contributed by atoms with E-state index in [2.05, 4.69) is 5.10 Å². The van der Waals surface area contributed by atoms with Gasteiger partial charge in [0.1, 0.15) is 5.82 Å². The molecule has 3 rings (SSSR count). The number of anilines is 1. The molecule has 0 radical (unpaired) electrons. The van der Waals surface area contributed by atoms with Crippen molar-refractivity contribution >= 4 is 5.69 Å². The highest BCUT2D eigenvalue weighted by atomic mass is 19.1. The predicted octanol–water partition coefficient (Wildman–Crippen LogP) is 3.26. The number of nitrogens with zero attached hydrogens (tertiary/aromatic N) is 2. The van der Waals surface area contributed by atoms with Crippen LogP contribution in [-0.4, -0.2) is 9.78 Å². The first-order valence-electron chi connectivity index (χ1n) is 5.90. The highest BCUT2D eigenvalue weighted by molar-refractivity contribution is 5.65. The lowest BCUT2D eigenvalue weighted by Crippen LogP contribution is -1.99. The van der Waals surface area contributed by atoms with E-state index in [1.807, 2.05) is 30.3 Å². The number of hydrogen-bond acceptors (Lipinski definition) is 2. The van der Waals surface area contributed by atoms with Crippen LogP contribution in [0.1, 0.15) is 0 Å². The molecule has 0 aliphatic heterocycles. The van der Waals surface area contributed by atoms with Gasteiger partial charge in [0, 0.05) is 11.3 Å². The minimum atomic E-state index is -0.263. The van der Waals surface area contributed by atoms with Gasteiger partial charge in [0.2, 0.25) is 0 Å². The van der Waals surface area contributed by atoms with Crippen molar-refractivity contribution in [1.82, 2.24) is 9.78 Å². The Morgan fingerprint density at radius 2 is 1.79 bits per heavy atom. The van der Waals surface area contributed by atoms with Gasteiger partial charge < -0.3 is 5.73 Å². The molecule has 4 heteroatoms. The summed E-state index contributed by atoms with van der Waals surface area (Å²) in [5.41, 5.74) is 9.19. The zero-order chi connectivity index (χ0) is 13.2. The van der Waals surface area contributed by atoms with Crippen LogP contribution in [0, 0.1) is 5.82 Å². The third kappa shape index (κ3) is 2.20. The van der Waals surface area contributed by atoms with E-state index in [9.17, 15) is 4.39 Å². The second-order valence-electron chi connectivity index (χ2n) is 4.23. The van der Waals surface area contributed by atoms with Crippen LogP contribution in [0.25, 0.3) is 16.9 Å². The lowest BCUT2D eigenvalue weighted by Gasteiger charge is -2.08. The second-order valence-corrected chi connectivity index (χ2v) is 4.23. The fraction of sp³-hybridized carbons (Fsp3) is 0. The molecular formula is C15H12FN3. The zero-order valence-electron chi connectivity index (χ0n) is 10.1. The van der Waals surface area contributed by atoms with Crippen LogP contribution in [0.5, 0.6) is 0 Å². The molecular weight excluding hydrogens is 241 g/mol. The fourth-order valence-electron chi connectivity index (χ4n) is 2.01. The fourth-order valence-corrected chi connectivity index (χ4v) is 2.01. The van der Waals surface area contributed by atoms with Crippen molar-refractivity contribution in [1.29, 1.82) is 0 Å². The van der Waals surface area contributed by atoms with E-state index in [0.717, 1.165) is 16.9 Å². The van der Waals surface area contributed by atoms with Crippen molar-refractivity contribution in [2.45, 2.75) is 0 Å². The quantitative estimate of drug-likeness (QED) is 0.712. The lowest BCUT2D eigenvalue weighted by atomic mass is 10.1. The number of nitrogen functional groups attached to an aromatic ring is 1. The van der Waals surface area contributed by atoms with E-state index < -0.39 is 0 Å². The summed E-state index contributed by atoms with van der Waals surface area (Å²) in [7, 11) is 0. The zero-order valence-corrected chi connectivity index (χ0v) is 10.1. The predicted molar refractivity (Wildman–Crippen MR) is 73.4 cm³/mol. The van der Waals surface area contributed by atoms with Crippen LogP contribution in [-0.2, 0) is 0 Å². The number of rotatable bonds is 2. The monoisotopic (exact) mass is 253 g/mol. The molecule has 2 N–H and O–H groups in total. The number of nitrogens with two attached hydrogens (primary N) is 1. The van der Waals surface area contributed by atoms with Crippen molar-refractivity contribution < 1.29 is 4.39 Å². The molecule has 0 aliphatic carbocycles. The first-order chi connectivity index (χ1) is 9.24. The first kappa shape index (κ1) is 11.5. The average Bonchev–Trinajstić information content (AvgIpc) is 2.89. The van der Waals surface area contributed by atoms with Crippen molar-refractivity contribution in [3.63, 3.8) is 0 Å². The molecule has 0 unspecified atom stereocenters. The average molecular weight is 253 g/mol. The Labute approximate surface area is 110 Å². The molecule has 2 aromatic carbocycles. The molecule has 3 nitrogen and oxygen atoms in total. The Morgan fingerprint density at radius 3 is 2.53 bits per heavy atom. The van der Waals surface area contributed by atoms with Crippen LogP contribution in [0.2, 0.25) is 0 Å². The van der Waals surface area contributed by atoms with Crippen molar-refractivity contribution in [2.24, 2.45) is 0 Å². The van der Waals surface area contributed by atoms with E-state index in [1.54, 1.807) is 23.0 Å². The molecule has 1 aromatic heterocycles. The minimum absolute atomic E-state index is 0.263. The summed E-state index contributed by atoms with van der Waals surface area (Å²) in [6.07, 6.45) is 1.71. The van der Waals surface area contributed by atoms with E-state index in [4.69, 9.17) is 5.73 Å². The van der Waals surface area contributed by atoms with Crippen LogP contribution >= 0.6 is 0 Å². The third-order valence-electron chi connectivity index (χ3n) is 2.90. The molecule has 0 amide bonds. The molecule has 0 bridgehead atoms. The second kappa shape index (κ2) is 4.57. The van der Waals surface area contributed by atoms with Gasteiger partial charge in [-0.1, -0.05) is 12.1 Å². The van der Waals surface area contributed by atoms with Gasteiger partial charge in [-0.15, -0.1) is 0 Å². The summed E-state index contributed by atoms with van der Waals surface area (Å²) in [5, 5.41) is 4.28. The Morgan fingerprint density at radius 1 is 1.00 bits per heavy atom. The topological polar surface area (TPSA) is 43.8 Å². The molecule has 1 heterocycles. The number of halogens is 1. The minimum Gasteiger partial charge on any atom is -0.399 e. The van der Waals surface area contributed by atoms with E-state index >= 15 is 0 Å². The summed E-state index contributed by atoms with van der Waals surface area (Å²) < 4.78 is 14.7. The first-order valence-corrected chi connectivity index (χ1v) is 5.90. The highest BCUT2D eigenvalue weighted by Crippen LogP contribution is 2.23. The Bertz CT molecular complexity index is 701. The van der Waals surface area contributed by atoms with Crippen molar-refractivity contribution in [2.75, 3.05) is 5.73 Å². The highest BCUT2D eigenvalue weighted by Gasteiger charge is 2.07. The van der Waals surface area contributed by atoms with Gasteiger partial charge in [0.05, 0.1) is 17.6 Å². The van der Waals surface area contributed by atoms with Gasteiger partial charge in [-0.2, -0.15) is 5.10 Å². The summed E-state index contributed by atoms with van der Waals surface area (Å²) in [4.78, 5) is 0.